The molecule has 118 valence electrons. The molecule has 23 heavy (non-hydrogen) atoms. The number of hydrogen-bond acceptors (Lipinski definition) is 6. The van der Waals surface area contributed by atoms with Gasteiger partial charge in [-0.05, 0) is 13.8 Å². The monoisotopic (exact) mass is 329 g/mol. The SMILES string of the molecule is Cc1nc(C)c(CNc2noc(-c3ccccc3)c2C(=O)O)s1. The maximum Gasteiger partial charge on any atom is 0.343 e. The lowest BCUT2D eigenvalue weighted by molar-refractivity contribution is 0.0698. The molecule has 0 unspecified atom stereocenters. The maximum absolute atomic E-state index is 11.6. The number of thiazole rings is 1. The van der Waals surface area contributed by atoms with E-state index in [1.54, 1.807) is 23.5 Å². The average molecular weight is 329 g/mol. The molecule has 0 saturated carbocycles. The molecule has 0 amide bonds. The molecular weight excluding hydrogens is 314 g/mol. The first-order chi connectivity index (χ1) is 11.1. The van der Waals surface area contributed by atoms with E-state index < -0.39 is 5.97 Å². The minimum absolute atomic E-state index is 0.0371. The molecular formula is C16H15N3O3S. The van der Waals surface area contributed by atoms with Crippen molar-refractivity contribution in [1.82, 2.24) is 10.1 Å². The van der Waals surface area contributed by atoms with Crippen LogP contribution in [0.25, 0.3) is 11.3 Å². The number of benzene rings is 1. The van der Waals surface area contributed by atoms with Gasteiger partial charge in [0.25, 0.3) is 0 Å². The number of nitrogens with one attached hydrogen (secondary N) is 1. The van der Waals surface area contributed by atoms with Crippen LogP contribution in [0.5, 0.6) is 0 Å². The highest BCUT2D eigenvalue weighted by Gasteiger charge is 2.23. The molecule has 0 saturated heterocycles. The van der Waals surface area contributed by atoms with Gasteiger partial charge in [-0.25, -0.2) is 9.78 Å². The molecule has 7 heteroatoms. The summed E-state index contributed by atoms with van der Waals surface area (Å²) < 4.78 is 5.26. The molecule has 0 fully saturated rings. The van der Waals surface area contributed by atoms with E-state index in [2.05, 4.69) is 15.5 Å². The van der Waals surface area contributed by atoms with Crippen molar-refractivity contribution < 1.29 is 14.4 Å². The Balaban J connectivity index is 1.90. The van der Waals surface area contributed by atoms with E-state index in [9.17, 15) is 9.90 Å². The van der Waals surface area contributed by atoms with Gasteiger partial charge in [0.15, 0.2) is 17.1 Å². The highest BCUT2D eigenvalue weighted by Crippen LogP contribution is 2.30. The van der Waals surface area contributed by atoms with E-state index in [-0.39, 0.29) is 17.1 Å². The van der Waals surface area contributed by atoms with E-state index in [1.807, 2.05) is 32.0 Å². The Hall–Kier alpha value is -2.67. The molecule has 0 spiro atoms. The van der Waals surface area contributed by atoms with Crippen LogP contribution in [0.4, 0.5) is 5.82 Å². The van der Waals surface area contributed by atoms with E-state index >= 15 is 0 Å². The summed E-state index contributed by atoms with van der Waals surface area (Å²) in [6.07, 6.45) is 0. The van der Waals surface area contributed by atoms with Crippen LogP contribution in [-0.4, -0.2) is 21.2 Å². The Labute approximate surface area is 136 Å². The number of hydrogen-bond donors (Lipinski definition) is 2. The molecule has 3 rings (SSSR count). The van der Waals surface area contributed by atoms with Crippen LogP contribution in [0, 0.1) is 13.8 Å². The van der Waals surface area contributed by atoms with E-state index in [0.29, 0.717) is 12.1 Å². The molecule has 0 atom stereocenters. The first-order valence-electron chi connectivity index (χ1n) is 7.01. The molecule has 0 aliphatic carbocycles. The zero-order valence-electron chi connectivity index (χ0n) is 12.7. The van der Waals surface area contributed by atoms with Gasteiger partial charge < -0.3 is 14.9 Å². The highest BCUT2D eigenvalue weighted by atomic mass is 32.1. The van der Waals surface area contributed by atoms with Crippen LogP contribution in [0.15, 0.2) is 34.9 Å². The topological polar surface area (TPSA) is 88.3 Å². The Bertz CT molecular complexity index is 840. The Kier molecular flexibility index (Phi) is 4.12. The van der Waals surface area contributed by atoms with Gasteiger partial charge in [0.05, 0.1) is 17.2 Å². The average Bonchev–Trinajstić information content (AvgIpc) is 3.09. The number of aromatic nitrogens is 2. The second-order valence-electron chi connectivity index (χ2n) is 5.00. The molecule has 2 heterocycles. The van der Waals surface area contributed by atoms with E-state index in [4.69, 9.17) is 4.52 Å². The number of carbonyl (C=O) groups is 1. The number of carboxylic acids is 1. The van der Waals surface area contributed by atoms with Gasteiger partial charge in [-0.15, -0.1) is 11.3 Å². The fourth-order valence-corrected chi connectivity index (χ4v) is 3.17. The van der Waals surface area contributed by atoms with Crippen LogP contribution in [0.3, 0.4) is 0 Å². The molecule has 6 nitrogen and oxygen atoms in total. The summed E-state index contributed by atoms with van der Waals surface area (Å²) in [6, 6.07) is 9.06. The van der Waals surface area contributed by atoms with Crippen molar-refractivity contribution in [2.24, 2.45) is 0 Å². The number of aryl methyl sites for hydroxylation is 2. The van der Waals surface area contributed by atoms with Crippen molar-refractivity contribution >= 4 is 23.1 Å². The van der Waals surface area contributed by atoms with Crippen LogP contribution in [0.1, 0.15) is 25.9 Å². The lowest BCUT2D eigenvalue weighted by atomic mass is 10.1. The Morgan fingerprint density at radius 3 is 2.65 bits per heavy atom. The number of carboxylic acid groups (broad SMARTS) is 1. The predicted molar refractivity (Wildman–Crippen MR) is 87.8 cm³/mol. The van der Waals surface area contributed by atoms with Gasteiger partial charge in [0, 0.05) is 10.4 Å². The van der Waals surface area contributed by atoms with Gasteiger partial charge >= 0.3 is 5.97 Å². The van der Waals surface area contributed by atoms with Crippen molar-refractivity contribution in [2.75, 3.05) is 5.32 Å². The molecule has 1 aromatic carbocycles. The summed E-state index contributed by atoms with van der Waals surface area (Å²) in [5.74, 6) is -0.607. The van der Waals surface area contributed by atoms with Gasteiger partial charge in [-0.1, -0.05) is 35.5 Å². The summed E-state index contributed by atoms with van der Waals surface area (Å²) in [7, 11) is 0. The van der Waals surface area contributed by atoms with Gasteiger partial charge in [-0.2, -0.15) is 0 Å². The predicted octanol–water partition coefficient (Wildman–Crippen LogP) is 3.73. The molecule has 0 aliphatic rings. The smallest absolute Gasteiger partial charge is 0.343 e. The first kappa shape index (κ1) is 15.2. The second-order valence-corrected chi connectivity index (χ2v) is 6.29. The van der Waals surface area contributed by atoms with Crippen LogP contribution in [-0.2, 0) is 6.54 Å². The number of aromatic carboxylic acids is 1. The third kappa shape index (κ3) is 3.09. The van der Waals surface area contributed by atoms with Gasteiger partial charge in [0.2, 0.25) is 0 Å². The largest absolute Gasteiger partial charge is 0.477 e. The number of anilines is 1. The third-order valence-corrected chi connectivity index (χ3v) is 4.43. The lowest BCUT2D eigenvalue weighted by Crippen LogP contribution is -2.06. The molecule has 3 aromatic rings. The van der Waals surface area contributed by atoms with Crippen molar-refractivity contribution in [3.05, 3.63) is 51.5 Å². The van der Waals surface area contributed by atoms with E-state index in [1.165, 1.54) is 0 Å². The zero-order chi connectivity index (χ0) is 16.4. The zero-order valence-corrected chi connectivity index (χ0v) is 13.5. The summed E-state index contributed by atoms with van der Waals surface area (Å²) in [5.41, 5.74) is 1.65. The summed E-state index contributed by atoms with van der Waals surface area (Å²) in [6.45, 7) is 4.32. The molecule has 0 radical (unpaired) electrons. The standard InChI is InChI=1S/C16H15N3O3S/c1-9-12(23-10(2)18-9)8-17-15-13(16(20)21)14(22-19-15)11-6-4-3-5-7-11/h3-7H,8H2,1-2H3,(H,17,19)(H,20,21). The van der Waals surface area contributed by atoms with Crippen LogP contribution < -0.4 is 5.32 Å². The van der Waals surface area contributed by atoms with Crippen LogP contribution >= 0.6 is 11.3 Å². The van der Waals surface area contributed by atoms with Crippen LogP contribution in [0.2, 0.25) is 0 Å². The molecule has 2 N–H and O–H groups in total. The third-order valence-electron chi connectivity index (χ3n) is 3.36. The number of nitrogens with zero attached hydrogens (tertiary/aromatic N) is 2. The van der Waals surface area contributed by atoms with Gasteiger partial charge in [0.1, 0.15) is 0 Å². The minimum atomic E-state index is -1.08. The molecule has 0 aliphatic heterocycles. The highest BCUT2D eigenvalue weighted by molar-refractivity contribution is 7.11. The first-order valence-corrected chi connectivity index (χ1v) is 7.83. The molecule has 2 aromatic heterocycles. The van der Waals surface area contributed by atoms with Crippen molar-refractivity contribution in [1.29, 1.82) is 0 Å². The van der Waals surface area contributed by atoms with Crippen molar-refractivity contribution in [2.45, 2.75) is 20.4 Å². The Morgan fingerprint density at radius 1 is 1.30 bits per heavy atom. The maximum atomic E-state index is 11.6. The normalized spacial score (nSPS) is 10.7. The van der Waals surface area contributed by atoms with Gasteiger partial charge in [-0.3, -0.25) is 0 Å². The lowest BCUT2D eigenvalue weighted by Gasteiger charge is -2.03. The fraction of sp³-hybridized carbons (Fsp3) is 0.188. The fourth-order valence-electron chi connectivity index (χ4n) is 2.30. The number of rotatable bonds is 5. The summed E-state index contributed by atoms with van der Waals surface area (Å²) in [5, 5.41) is 17.4. The summed E-state index contributed by atoms with van der Waals surface area (Å²) in [4.78, 5) is 17.0. The summed E-state index contributed by atoms with van der Waals surface area (Å²) >= 11 is 1.57. The van der Waals surface area contributed by atoms with Crippen molar-refractivity contribution in [3.8, 4) is 11.3 Å². The Morgan fingerprint density at radius 2 is 2.04 bits per heavy atom. The van der Waals surface area contributed by atoms with Crippen molar-refractivity contribution in [3.63, 3.8) is 0 Å². The quantitative estimate of drug-likeness (QED) is 0.741. The minimum Gasteiger partial charge on any atom is -0.477 e. The molecule has 0 bridgehead atoms. The van der Waals surface area contributed by atoms with E-state index in [0.717, 1.165) is 15.6 Å². The second kappa shape index (κ2) is 6.21.